The number of quaternary nitrogens is 1. The van der Waals surface area contributed by atoms with Crippen LogP contribution in [0.25, 0.3) is 0 Å². The Bertz CT molecular complexity index is 581. The molecule has 6 heteroatoms. The molecule has 0 heterocycles. The monoisotopic (exact) mass is 469 g/mol. The summed E-state index contributed by atoms with van der Waals surface area (Å²) in [7, 11) is 0. The Kier molecular flexibility index (Phi) is 18.0. The molecule has 0 amide bonds. The molecular weight excluding hydrogens is 426 g/mol. The molecule has 0 saturated heterocycles. The molecule has 0 aliphatic rings. The second-order valence-corrected chi connectivity index (χ2v) is 8.44. The van der Waals surface area contributed by atoms with E-state index in [-0.39, 0.29) is 24.3 Å². The highest BCUT2D eigenvalue weighted by Gasteiger charge is 2.38. The summed E-state index contributed by atoms with van der Waals surface area (Å²) in [6, 6.07) is 9.78. The summed E-state index contributed by atoms with van der Waals surface area (Å²) in [5, 5.41) is 0. The Morgan fingerprint density at radius 3 is 1.59 bits per heavy atom. The van der Waals surface area contributed by atoms with Crippen LogP contribution in [0.2, 0.25) is 0 Å². The molecule has 5 nitrogen and oxygen atoms in total. The fourth-order valence-corrected chi connectivity index (χ4v) is 3.66. The highest BCUT2D eigenvalue weighted by Crippen LogP contribution is 2.21. The van der Waals surface area contributed by atoms with E-state index in [1.54, 1.807) is 0 Å². The molecule has 0 bridgehead atoms. The van der Waals surface area contributed by atoms with Crippen LogP contribution >= 0.6 is 0 Å². The van der Waals surface area contributed by atoms with Crippen LogP contribution in [0, 0.1) is 0 Å². The minimum Gasteiger partial charge on any atom is -1.00 e. The molecular formula is C26H44ClNO4. The van der Waals surface area contributed by atoms with Gasteiger partial charge in [0.1, 0.15) is 0 Å². The van der Waals surface area contributed by atoms with Gasteiger partial charge < -0.3 is 12.4 Å². The first-order valence-electron chi connectivity index (χ1n) is 12.4. The van der Waals surface area contributed by atoms with Crippen LogP contribution in [0.1, 0.15) is 110 Å². The van der Waals surface area contributed by atoms with Gasteiger partial charge in [0.15, 0.2) is 13.1 Å². The number of halogens is 1. The Morgan fingerprint density at radius 2 is 1.16 bits per heavy atom. The molecule has 0 unspecified atom stereocenters. The number of hydrogen-bond donors (Lipinski definition) is 0. The van der Waals surface area contributed by atoms with Gasteiger partial charge in [0.25, 0.3) is 0 Å². The van der Waals surface area contributed by atoms with E-state index in [2.05, 4.69) is 13.8 Å². The molecule has 0 atom stereocenters. The topological polar surface area (TPSA) is 52.6 Å². The van der Waals surface area contributed by atoms with Gasteiger partial charge in [-0.25, -0.2) is 19.3 Å². The fourth-order valence-electron chi connectivity index (χ4n) is 3.66. The Labute approximate surface area is 201 Å². The third kappa shape index (κ3) is 13.7. The Morgan fingerprint density at radius 1 is 0.688 bits per heavy atom. The number of hydroxylamine groups is 4. The summed E-state index contributed by atoms with van der Waals surface area (Å²) in [6.45, 7) is 7.13. The van der Waals surface area contributed by atoms with Crippen molar-refractivity contribution in [2.75, 3.05) is 6.54 Å². The minimum atomic E-state index is -0.401. The van der Waals surface area contributed by atoms with E-state index in [0.717, 1.165) is 50.5 Å². The predicted molar refractivity (Wildman–Crippen MR) is 125 cm³/mol. The van der Waals surface area contributed by atoms with Gasteiger partial charge in [-0.05, 0) is 12.8 Å². The summed E-state index contributed by atoms with van der Waals surface area (Å²) in [5.74, 6) is -0.590. The van der Waals surface area contributed by atoms with Crippen molar-refractivity contribution < 1.29 is 36.5 Å². The standard InChI is InChI=1S/C26H44NO4.ClH/c1-4-7-9-11-16-20-25(28)30-27(22-6-3,23-24-18-14-13-15-19-24)31-26(29)21-17-12-10-8-5-2;/h13-15,18-19H,4-12,16-17,20-23H2,1-3H3;1H/q+1;/p-1. The molecule has 0 radical (unpaired) electrons. The van der Waals surface area contributed by atoms with Gasteiger partial charge in [-0.1, -0.05) is 102 Å². The van der Waals surface area contributed by atoms with E-state index < -0.39 is 4.81 Å². The second-order valence-electron chi connectivity index (χ2n) is 8.44. The summed E-state index contributed by atoms with van der Waals surface area (Å²) in [6.07, 6.45) is 12.1. The highest BCUT2D eigenvalue weighted by atomic mass is 35.5. The first-order chi connectivity index (χ1) is 15.0. The Hall–Kier alpha value is -1.59. The SMILES string of the molecule is CCCCCCCC(=O)O[N+](CCC)(Cc1ccccc1)OC(=O)CCCCCCC.[Cl-]. The van der Waals surface area contributed by atoms with Crippen molar-refractivity contribution in [3.05, 3.63) is 35.9 Å². The van der Waals surface area contributed by atoms with Crippen molar-refractivity contribution in [2.45, 2.75) is 111 Å². The van der Waals surface area contributed by atoms with Crippen LogP contribution in [0.15, 0.2) is 30.3 Å². The molecule has 0 aliphatic heterocycles. The minimum absolute atomic E-state index is 0. The van der Waals surface area contributed by atoms with E-state index in [0.29, 0.717) is 25.9 Å². The highest BCUT2D eigenvalue weighted by molar-refractivity contribution is 5.69. The molecule has 0 spiro atoms. The first-order valence-corrected chi connectivity index (χ1v) is 12.4. The average Bonchev–Trinajstić information content (AvgIpc) is 2.74. The van der Waals surface area contributed by atoms with Crippen molar-refractivity contribution in [2.24, 2.45) is 0 Å². The third-order valence-electron chi connectivity index (χ3n) is 5.34. The zero-order valence-electron chi connectivity index (χ0n) is 20.5. The second kappa shape index (κ2) is 18.9. The van der Waals surface area contributed by atoms with Crippen molar-refractivity contribution in [3.8, 4) is 0 Å². The Balaban J connectivity index is 0.00000961. The van der Waals surface area contributed by atoms with E-state index in [9.17, 15) is 9.59 Å². The molecule has 1 rings (SSSR count). The van der Waals surface area contributed by atoms with Gasteiger partial charge in [0.05, 0.1) is 17.7 Å². The predicted octanol–water partition coefficient (Wildman–Crippen LogP) is 4.05. The van der Waals surface area contributed by atoms with Crippen molar-refractivity contribution in [1.82, 2.24) is 0 Å². The fraction of sp³-hybridized carbons (Fsp3) is 0.692. The number of carbonyl (C=O) groups excluding carboxylic acids is 2. The molecule has 1 aromatic carbocycles. The van der Waals surface area contributed by atoms with Crippen LogP contribution in [0.5, 0.6) is 0 Å². The number of rotatable bonds is 18. The van der Waals surface area contributed by atoms with Gasteiger partial charge in [-0.2, -0.15) is 0 Å². The molecule has 0 aliphatic carbocycles. The number of benzene rings is 1. The number of carbonyl (C=O) groups is 2. The summed E-state index contributed by atoms with van der Waals surface area (Å²) < 4.78 is 0. The maximum absolute atomic E-state index is 12.6. The lowest BCUT2D eigenvalue weighted by Crippen LogP contribution is -3.00. The summed E-state index contributed by atoms with van der Waals surface area (Å²) in [5.41, 5.74) is 0.974. The van der Waals surface area contributed by atoms with Gasteiger partial charge in [0.2, 0.25) is 0 Å². The van der Waals surface area contributed by atoms with Crippen LogP contribution in [0.4, 0.5) is 0 Å². The van der Waals surface area contributed by atoms with Gasteiger partial charge in [-0.15, -0.1) is 0 Å². The molecule has 0 aromatic heterocycles. The number of unbranched alkanes of at least 4 members (excludes halogenated alkanes) is 8. The van der Waals surface area contributed by atoms with Crippen molar-refractivity contribution >= 4 is 11.9 Å². The maximum atomic E-state index is 12.6. The van der Waals surface area contributed by atoms with Crippen LogP contribution in [0.3, 0.4) is 0 Å². The maximum Gasteiger partial charge on any atom is 0.372 e. The van der Waals surface area contributed by atoms with Crippen molar-refractivity contribution in [3.63, 3.8) is 0 Å². The van der Waals surface area contributed by atoms with Crippen LogP contribution < -0.4 is 12.4 Å². The van der Waals surface area contributed by atoms with E-state index in [1.165, 1.54) is 25.7 Å². The first kappa shape index (κ1) is 30.4. The zero-order valence-corrected chi connectivity index (χ0v) is 21.2. The summed E-state index contributed by atoms with van der Waals surface area (Å²) >= 11 is 0. The third-order valence-corrected chi connectivity index (χ3v) is 5.34. The molecule has 0 saturated carbocycles. The zero-order chi connectivity index (χ0) is 22.8. The number of hydrogen-bond acceptors (Lipinski definition) is 4. The molecule has 0 fully saturated rings. The largest absolute Gasteiger partial charge is 1.00 e. The molecule has 32 heavy (non-hydrogen) atoms. The van der Waals surface area contributed by atoms with Crippen LogP contribution in [-0.2, 0) is 25.8 Å². The van der Waals surface area contributed by atoms with E-state index in [1.807, 2.05) is 37.3 Å². The average molecular weight is 470 g/mol. The molecule has 1 aromatic rings. The van der Waals surface area contributed by atoms with Gasteiger partial charge in [0, 0.05) is 12.0 Å². The van der Waals surface area contributed by atoms with E-state index in [4.69, 9.17) is 9.68 Å². The quantitative estimate of drug-likeness (QED) is 0.185. The van der Waals surface area contributed by atoms with E-state index >= 15 is 0 Å². The summed E-state index contributed by atoms with van der Waals surface area (Å²) in [4.78, 5) is 36.6. The smallest absolute Gasteiger partial charge is 0.372 e. The number of nitrogens with zero attached hydrogens (tertiary/aromatic N) is 1. The lowest BCUT2D eigenvalue weighted by atomic mass is 10.1. The molecule has 0 N–H and O–H groups in total. The normalized spacial score (nSPS) is 11.0. The van der Waals surface area contributed by atoms with Crippen molar-refractivity contribution in [1.29, 1.82) is 0 Å². The van der Waals surface area contributed by atoms with Gasteiger partial charge >= 0.3 is 11.9 Å². The van der Waals surface area contributed by atoms with Gasteiger partial charge in [-0.3, -0.25) is 0 Å². The van der Waals surface area contributed by atoms with Crippen LogP contribution in [-0.4, -0.2) is 23.3 Å². The lowest BCUT2D eigenvalue weighted by molar-refractivity contribution is -1.23. The lowest BCUT2D eigenvalue weighted by Gasteiger charge is -2.30. The molecule has 184 valence electrons.